The largest absolute Gasteiger partial charge is 0.326 e. The van der Waals surface area contributed by atoms with Crippen LogP contribution in [0.15, 0.2) is 36.4 Å². The summed E-state index contributed by atoms with van der Waals surface area (Å²) in [5.74, 6) is -0.238. The molecule has 2 rings (SSSR count). The number of anilines is 1. The summed E-state index contributed by atoms with van der Waals surface area (Å²) < 4.78 is 0. The Hall–Kier alpha value is -0.930. The van der Waals surface area contributed by atoms with Crippen LogP contribution in [0, 0.1) is 0 Å². The number of rotatable bonds is 3. The van der Waals surface area contributed by atoms with Crippen molar-refractivity contribution in [3.05, 3.63) is 62.1 Å². The Morgan fingerprint density at radius 3 is 2.15 bits per heavy atom. The van der Waals surface area contributed by atoms with Gasteiger partial charge in [0.25, 0.3) is 0 Å². The van der Waals surface area contributed by atoms with E-state index in [0.29, 0.717) is 31.3 Å². The molecule has 0 bridgehead atoms. The minimum Gasteiger partial charge on any atom is -0.326 e. The lowest BCUT2D eigenvalue weighted by molar-refractivity contribution is -0.115. The van der Waals surface area contributed by atoms with Crippen molar-refractivity contribution in [1.82, 2.24) is 0 Å². The van der Waals surface area contributed by atoms with Gasteiger partial charge in [0.15, 0.2) is 0 Å². The number of amides is 1. The van der Waals surface area contributed by atoms with Gasteiger partial charge in [-0.2, -0.15) is 0 Å². The fourth-order valence-electron chi connectivity index (χ4n) is 1.64. The van der Waals surface area contributed by atoms with Crippen molar-refractivity contribution >= 4 is 58.0 Å². The molecule has 2 nitrogen and oxygen atoms in total. The van der Waals surface area contributed by atoms with Gasteiger partial charge in [0, 0.05) is 15.7 Å². The van der Waals surface area contributed by atoms with Crippen molar-refractivity contribution in [1.29, 1.82) is 0 Å². The van der Waals surface area contributed by atoms with Gasteiger partial charge in [0.1, 0.15) is 0 Å². The summed E-state index contributed by atoms with van der Waals surface area (Å²) in [4.78, 5) is 12.0. The first kappa shape index (κ1) is 15.5. The van der Waals surface area contributed by atoms with Crippen LogP contribution in [-0.2, 0) is 11.2 Å². The first-order chi connectivity index (χ1) is 9.47. The molecule has 6 heteroatoms. The second-order valence-corrected chi connectivity index (χ2v) is 5.68. The van der Waals surface area contributed by atoms with Gasteiger partial charge >= 0.3 is 0 Å². The molecule has 104 valence electrons. The SMILES string of the molecule is O=C(Cc1c(Cl)cccc1Cl)Nc1ccc(Cl)c(Cl)c1. The van der Waals surface area contributed by atoms with Crippen LogP contribution in [0.4, 0.5) is 5.69 Å². The second kappa shape index (κ2) is 6.68. The van der Waals surface area contributed by atoms with Crippen LogP contribution >= 0.6 is 46.4 Å². The topological polar surface area (TPSA) is 29.1 Å². The quantitative estimate of drug-likeness (QED) is 0.781. The molecule has 20 heavy (non-hydrogen) atoms. The first-order valence-electron chi connectivity index (χ1n) is 5.65. The van der Waals surface area contributed by atoms with Crippen molar-refractivity contribution in [2.45, 2.75) is 6.42 Å². The lowest BCUT2D eigenvalue weighted by Crippen LogP contribution is -2.14. The number of carbonyl (C=O) groups excluding carboxylic acids is 1. The Kier molecular flexibility index (Phi) is 5.17. The Balaban J connectivity index is 2.11. The molecule has 0 heterocycles. The average Bonchev–Trinajstić information content (AvgIpc) is 2.38. The van der Waals surface area contributed by atoms with Crippen LogP contribution in [0.25, 0.3) is 0 Å². The minimum absolute atomic E-state index is 0.0821. The number of hydrogen-bond donors (Lipinski definition) is 1. The fraction of sp³-hybridized carbons (Fsp3) is 0.0714. The molecule has 0 aromatic heterocycles. The predicted octanol–water partition coefficient (Wildman–Crippen LogP) is 5.48. The van der Waals surface area contributed by atoms with Gasteiger partial charge in [-0.05, 0) is 35.9 Å². The molecule has 1 N–H and O–H groups in total. The maximum Gasteiger partial charge on any atom is 0.228 e. The zero-order chi connectivity index (χ0) is 14.7. The number of benzene rings is 2. The standard InChI is InChI=1S/C14H9Cl4NO/c15-10-2-1-3-11(16)9(10)7-14(20)19-8-4-5-12(17)13(18)6-8/h1-6H,7H2,(H,19,20). The molecule has 0 radical (unpaired) electrons. The molecule has 0 saturated heterocycles. The highest BCUT2D eigenvalue weighted by Crippen LogP contribution is 2.27. The summed E-state index contributed by atoms with van der Waals surface area (Å²) in [6, 6.07) is 9.97. The zero-order valence-electron chi connectivity index (χ0n) is 10.1. The molecule has 1 amide bonds. The highest BCUT2D eigenvalue weighted by molar-refractivity contribution is 6.42. The zero-order valence-corrected chi connectivity index (χ0v) is 13.1. The van der Waals surface area contributed by atoms with Crippen molar-refractivity contribution < 1.29 is 4.79 Å². The Morgan fingerprint density at radius 1 is 0.900 bits per heavy atom. The molecule has 0 aliphatic rings. The van der Waals surface area contributed by atoms with Crippen molar-refractivity contribution in [3.8, 4) is 0 Å². The van der Waals surface area contributed by atoms with Crippen molar-refractivity contribution in [2.75, 3.05) is 5.32 Å². The molecule has 0 aliphatic heterocycles. The molecular formula is C14H9Cl4NO. The van der Waals surface area contributed by atoms with Gasteiger partial charge < -0.3 is 5.32 Å². The third kappa shape index (κ3) is 3.80. The van der Waals surface area contributed by atoms with Gasteiger partial charge in [-0.15, -0.1) is 0 Å². The van der Waals surface area contributed by atoms with E-state index in [1.165, 1.54) is 0 Å². The monoisotopic (exact) mass is 347 g/mol. The van der Waals surface area contributed by atoms with Gasteiger partial charge in [0.05, 0.1) is 16.5 Å². The van der Waals surface area contributed by atoms with Crippen LogP contribution in [0.1, 0.15) is 5.56 Å². The molecule has 0 saturated carbocycles. The normalized spacial score (nSPS) is 10.4. The maximum absolute atomic E-state index is 12.0. The second-order valence-electron chi connectivity index (χ2n) is 4.05. The van der Waals surface area contributed by atoms with Crippen LogP contribution in [0.5, 0.6) is 0 Å². The molecule has 0 spiro atoms. The van der Waals surface area contributed by atoms with E-state index >= 15 is 0 Å². The molecule has 0 unspecified atom stereocenters. The molecule has 2 aromatic carbocycles. The van der Waals surface area contributed by atoms with E-state index in [1.54, 1.807) is 36.4 Å². The van der Waals surface area contributed by atoms with E-state index in [-0.39, 0.29) is 12.3 Å². The van der Waals surface area contributed by atoms with E-state index in [9.17, 15) is 4.79 Å². The Bertz CT molecular complexity index is 637. The van der Waals surface area contributed by atoms with Crippen LogP contribution in [0.3, 0.4) is 0 Å². The Labute approximate surface area is 136 Å². The third-order valence-electron chi connectivity index (χ3n) is 2.60. The number of halogens is 4. The average molecular weight is 349 g/mol. The summed E-state index contributed by atoms with van der Waals surface area (Å²) >= 11 is 23.7. The van der Waals surface area contributed by atoms with E-state index in [0.717, 1.165) is 0 Å². The van der Waals surface area contributed by atoms with E-state index in [2.05, 4.69) is 5.32 Å². The van der Waals surface area contributed by atoms with Crippen LogP contribution in [-0.4, -0.2) is 5.91 Å². The smallest absolute Gasteiger partial charge is 0.228 e. The summed E-state index contributed by atoms with van der Waals surface area (Å²) in [6.45, 7) is 0. The van der Waals surface area contributed by atoms with Gasteiger partial charge in [-0.3, -0.25) is 4.79 Å². The van der Waals surface area contributed by atoms with Crippen LogP contribution in [0.2, 0.25) is 20.1 Å². The number of carbonyl (C=O) groups is 1. The Morgan fingerprint density at radius 2 is 1.55 bits per heavy atom. The van der Waals surface area contributed by atoms with Gasteiger partial charge in [-0.25, -0.2) is 0 Å². The van der Waals surface area contributed by atoms with E-state index in [1.807, 2.05) is 0 Å². The van der Waals surface area contributed by atoms with Gasteiger partial charge in [0.2, 0.25) is 5.91 Å². The highest BCUT2D eigenvalue weighted by atomic mass is 35.5. The first-order valence-corrected chi connectivity index (χ1v) is 7.16. The number of hydrogen-bond acceptors (Lipinski definition) is 1. The fourth-order valence-corrected chi connectivity index (χ4v) is 2.47. The molecule has 0 fully saturated rings. The van der Waals surface area contributed by atoms with Gasteiger partial charge in [-0.1, -0.05) is 52.5 Å². The molecule has 0 aliphatic carbocycles. The molecule has 2 aromatic rings. The summed E-state index contributed by atoms with van der Waals surface area (Å²) in [5.41, 5.74) is 1.15. The van der Waals surface area contributed by atoms with E-state index in [4.69, 9.17) is 46.4 Å². The highest BCUT2D eigenvalue weighted by Gasteiger charge is 2.11. The van der Waals surface area contributed by atoms with E-state index < -0.39 is 0 Å². The predicted molar refractivity (Wildman–Crippen MR) is 85.3 cm³/mol. The lowest BCUT2D eigenvalue weighted by atomic mass is 10.1. The summed E-state index contributed by atoms with van der Waals surface area (Å²) in [6.07, 6.45) is 0.0821. The summed E-state index contributed by atoms with van der Waals surface area (Å²) in [5, 5.41) is 4.44. The van der Waals surface area contributed by atoms with Crippen LogP contribution < -0.4 is 5.32 Å². The maximum atomic E-state index is 12.0. The van der Waals surface area contributed by atoms with Crippen molar-refractivity contribution in [2.24, 2.45) is 0 Å². The molecule has 0 atom stereocenters. The number of nitrogens with one attached hydrogen (secondary N) is 1. The molecular weight excluding hydrogens is 340 g/mol. The lowest BCUT2D eigenvalue weighted by Gasteiger charge is -2.09. The summed E-state index contributed by atoms with van der Waals surface area (Å²) in [7, 11) is 0. The minimum atomic E-state index is -0.238. The third-order valence-corrected chi connectivity index (χ3v) is 4.05. The van der Waals surface area contributed by atoms with Crippen molar-refractivity contribution in [3.63, 3.8) is 0 Å².